The van der Waals surface area contributed by atoms with Crippen molar-refractivity contribution >= 4 is 39.5 Å². The first-order chi connectivity index (χ1) is 15.3. The third-order valence-corrected chi connectivity index (χ3v) is 5.74. The lowest BCUT2D eigenvalue weighted by molar-refractivity contribution is -0.142. The molecule has 0 aliphatic heterocycles. The Hall–Kier alpha value is -4.19. The quantitative estimate of drug-likeness (QED) is 0.417. The normalized spacial score (nSPS) is 11.9. The number of hydrogen-bond acceptors (Lipinski definition) is 4. The lowest BCUT2D eigenvalue weighted by Crippen LogP contribution is -2.11. The van der Waals surface area contributed by atoms with Crippen LogP contribution in [-0.4, -0.2) is 35.2 Å². The van der Waals surface area contributed by atoms with Gasteiger partial charge >= 0.3 is 17.9 Å². The van der Waals surface area contributed by atoms with Gasteiger partial charge < -0.3 is 14.9 Å². The van der Waals surface area contributed by atoms with Crippen LogP contribution >= 0.6 is 0 Å². The molecule has 160 valence electrons. The standard InChI is InChI=1S/C26H20O6/c1-14(26(31)32-2)16-8-10-19-17(13-16)9-12-21(25(29)30)23(19)22-18-6-4-3-5-15(18)7-11-20(22)24(27)28/h3-14H,1-2H3,(H,27,28)(H,29,30)/t14-/m0/s1. The highest BCUT2D eigenvalue weighted by Gasteiger charge is 2.23. The van der Waals surface area contributed by atoms with Crippen LogP contribution < -0.4 is 0 Å². The number of ether oxygens (including phenoxy) is 1. The second-order valence-corrected chi connectivity index (χ2v) is 7.53. The van der Waals surface area contributed by atoms with Crippen LogP contribution in [0.3, 0.4) is 0 Å². The van der Waals surface area contributed by atoms with Crippen LogP contribution in [-0.2, 0) is 9.53 Å². The van der Waals surface area contributed by atoms with Crippen molar-refractivity contribution in [3.8, 4) is 11.1 Å². The molecule has 0 aromatic heterocycles. The van der Waals surface area contributed by atoms with Gasteiger partial charge in [0.25, 0.3) is 0 Å². The number of esters is 1. The molecule has 0 unspecified atom stereocenters. The zero-order valence-corrected chi connectivity index (χ0v) is 17.5. The fraction of sp³-hybridized carbons (Fsp3) is 0.115. The maximum Gasteiger partial charge on any atom is 0.336 e. The van der Waals surface area contributed by atoms with Gasteiger partial charge in [-0.3, -0.25) is 4.79 Å². The van der Waals surface area contributed by atoms with Gasteiger partial charge in [-0.25, -0.2) is 9.59 Å². The molecule has 1 atom stereocenters. The molecule has 2 N–H and O–H groups in total. The summed E-state index contributed by atoms with van der Waals surface area (Å²) in [7, 11) is 1.32. The highest BCUT2D eigenvalue weighted by atomic mass is 16.5. The van der Waals surface area contributed by atoms with Gasteiger partial charge in [-0.05, 0) is 46.2 Å². The summed E-state index contributed by atoms with van der Waals surface area (Å²) in [5.74, 6) is -3.18. The predicted octanol–water partition coefficient (Wildman–Crippen LogP) is 5.33. The summed E-state index contributed by atoms with van der Waals surface area (Å²) in [6, 6.07) is 18.9. The van der Waals surface area contributed by atoms with E-state index in [1.54, 1.807) is 49.4 Å². The molecule has 0 saturated carbocycles. The number of methoxy groups -OCH3 is 1. The smallest absolute Gasteiger partial charge is 0.336 e. The van der Waals surface area contributed by atoms with E-state index < -0.39 is 17.9 Å². The zero-order valence-electron chi connectivity index (χ0n) is 17.5. The molecule has 0 amide bonds. The summed E-state index contributed by atoms with van der Waals surface area (Å²) < 4.78 is 4.83. The van der Waals surface area contributed by atoms with E-state index in [2.05, 4.69) is 0 Å². The lowest BCUT2D eigenvalue weighted by atomic mass is 9.86. The molecule has 6 heteroatoms. The summed E-state index contributed by atoms with van der Waals surface area (Å²) in [5, 5.41) is 22.6. The van der Waals surface area contributed by atoms with Crippen LogP contribution in [0.25, 0.3) is 32.7 Å². The molecule has 4 aromatic carbocycles. The first-order valence-electron chi connectivity index (χ1n) is 9.96. The second kappa shape index (κ2) is 8.15. The molecule has 32 heavy (non-hydrogen) atoms. The topological polar surface area (TPSA) is 101 Å². The van der Waals surface area contributed by atoms with Gasteiger partial charge in [0.15, 0.2) is 0 Å². The van der Waals surface area contributed by atoms with Crippen LogP contribution in [0.2, 0.25) is 0 Å². The van der Waals surface area contributed by atoms with Crippen molar-refractivity contribution in [3.63, 3.8) is 0 Å². The molecule has 0 heterocycles. The van der Waals surface area contributed by atoms with E-state index in [4.69, 9.17) is 4.74 Å². The Bertz CT molecular complexity index is 1400. The van der Waals surface area contributed by atoms with Gasteiger partial charge in [-0.1, -0.05) is 54.6 Å². The van der Waals surface area contributed by atoms with Crippen molar-refractivity contribution in [1.82, 2.24) is 0 Å². The first-order valence-corrected chi connectivity index (χ1v) is 9.96. The fourth-order valence-corrected chi connectivity index (χ4v) is 4.10. The maximum atomic E-state index is 12.2. The van der Waals surface area contributed by atoms with E-state index in [1.807, 2.05) is 12.1 Å². The minimum absolute atomic E-state index is 0.00474. The number of carboxylic acid groups (broad SMARTS) is 2. The van der Waals surface area contributed by atoms with E-state index >= 15 is 0 Å². The molecule has 0 bridgehead atoms. The van der Waals surface area contributed by atoms with Crippen molar-refractivity contribution in [1.29, 1.82) is 0 Å². The monoisotopic (exact) mass is 428 g/mol. The molecule has 0 radical (unpaired) electrons. The van der Waals surface area contributed by atoms with E-state index in [1.165, 1.54) is 19.2 Å². The molecule has 0 aliphatic carbocycles. The Balaban J connectivity index is 2.11. The Morgan fingerprint density at radius 3 is 1.91 bits per heavy atom. The predicted molar refractivity (Wildman–Crippen MR) is 121 cm³/mol. The number of benzene rings is 4. The van der Waals surface area contributed by atoms with E-state index in [0.29, 0.717) is 27.3 Å². The maximum absolute atomic E-state index is 12.2. The number of aromatic carboxylic acids is 2. The van der Waals surface area contributed by atoms with E-state index in [-0.39, 0.29) is 17.1 Å². The SMILES string of the molecule is COC(=O)[C@@H](C)c1ccc2c(-c3c(C(=O)O)ccc4ccccc34)c(C(=O)O)ccc2c1. The minimum Gasteiger partial charge on any atom is -0.478 e. The highest BCUT2D eigenvalue weighted by molar-refractivity contribution is 6.17. The highest BCUT2D eigenvalue weighted by Crippen LogP contribution is 2.40. The minimum atomic E-state index is -1.15. The number of hydrogen-bond donors (Lipinski definition) is 2. The van der Waals surface area contributed by atoms with Gasteiger partial charge in [0.05, 0.1) is 24.2 Å². The van der Waals surface area contributed by atoms with Gasteiger partial charge in [-0.2, -0.15) is 0 Å². The van der Waals surface area contributed by atoms with Crippen molar-refractivity contribution in [2.45, 2.75) is 12.8 Å². The Morgan fingerprint density at radius 1 is 0.750 bits per heavy atom. The molecule has 0 spiro atoms. The average Bonchev–Trinajstić information content (AvgIpc) is 2.80. The third kappa shape index (κ3) is 3.46. The Labute approximate surface area is 183 Å². The average molecular weight is 428 g/mol. The Morgan fingerprint density at radius 2 is 1.31 bits per heavy atom. The number of carbonyl (C=O) groups is 3. The van der Waals surface area contributed by atoms with Crippen molar-refractivity contribution in [2.24, 2.45) is 0 Å². The molecule has 0 fully saturated rings. The third-order valence-electron chi connectivity index (χ3n) is 5.74. The zero-order chi connectivity index (χ0) is 23.0. The number of rotatable bonds is 5. The van der Waals surface area contributed by atoms with Crippen LogP contribution in [0.1, 0.15) is 39.1 Å². The summed E-state index contributed by atoms with van der Waals surface area (Å²) in [6.07, 6.45) is 0. The summed E-state index contributed by atoms with van der Waals surface area (Å²) in [4.78, 5) is 36.2. The lowest BCUT2D eigenvalue weighted by Gasteiger charge is -2.17. The van der Waals surface area contributed by atoms with Crippen LogP contribution in [0.15, 0.2) is 66.7 Å². The van der Waals surface area contributed by atoms with Crippen molar-refractivity contribution in [2.75, 3.05) is 7.11 Å². The van der Waals surface area contributed by atoms with Gasteiger partial charge in [-0.15, -0.1) is 0 Å². The Kier molecular flexibility index (Phi) is 5.36. The first kappa shape index (κ1) is 21.1. The summed E-state index contributed by atoms with van der Waals surface area (Å²) in [5.41, 5.74) is 1.43. The van der Waals surface area contributed by atoms with Crippen LogP contribution in [0.5, 0.6) is 0 Å². The number of carbonyl (C=O) groups excluding carboxylic acids is 1. The van der Waals surface area contributed by atoms with Crippen molar-refractivity contribution < 1.29 is 29.3 Å². The molecular weight excluding hydrogens is 408 g/mol. The van der Waals surface area contributed by atoms with Crippen LogP contribution in [0.4, 0.5) is 0 Å². The van der Waals surface area contributed by atoms with Crippen molar-refractivity contribution in [3.05, 3.63) is 83.4 Å². The number of carboxylic acids is 2. The van der Waals surface area contributed by atoms with E-state index in [9.17, 15) is 24.6 Å². The number of fused-ring (bicyclic) bond motifs is 2. The van der Waals surface area contributed by atoms with Gasteiger partial charge in [0.2, 0.25) is 0 Å². The largest absolute Gasteiger partial charge is 0.478 e. The molecule has 0 aliphatic rings. The van der Waals surface area contributed by atoms with Gasteiger partial charge in [0, 0.05) is 11.1 Å². The van der Waals surface area contributed by atoms with Crippen LogP contribution in [0, 0.1) is 0 Å². The summed E-state index contributed by atoms with van der Waals surface area (Å²) >= 11 is 0. The molecule has 0 saturated heterocycles. The molecule has 6 nitrogen and oxygen atoms in total. The van der Waals surface area contributed by atoms with Gasteiger partial charge in [0.1, 0.15) is 0 Å². The molecule has 4 aromatic rings. The fourth-order valence-electron chi connectivity index (χ4n) is 4.10. The second-order valence-electron chi connectivity index (χ2n) is 7.53. The molecular formula is C26H20O6. The summed E-state index contributed by atoms with van der Waals surface area (Å²) in [6.45, 7) is 1.73. The van der Waals surface area contributed by atoms with E-state index in [0.717, 1.165) is 10.9 Å². The molecule has 4 rings (SSSR count).